The van der Waals surface area contributed by atoms with Gasteiger partial charge in [0, 0.05) is 11.9 Å². The Kier molecular flexibility index (Phi) is 9.79. The zero-order valence-electron chi connectivity index (χ0n) is 14.5. The molecule has 0 radical (unpaired) electrons. The molecule has 0 unspecified atom stereocenters. The van der Waals surface area contributed by atoms with E-state index in [0.717, 1.165) is 24.5 Å². The van der Waals surface area contributed by atoms with Crippen LogP contribution in [0.1, 0.15) is 46.0 Å². The minimum Gasteiger partial charge on any atom is -0.494 e. The molecule has 24 heavy (non-hydrogen) atoms. The summed E-state index contributed by atoms with van der Waals surface area (Å²) >= 11 is 0. The molecular weight excluding hydrogens is 304 g/mol. The molecule has 1 aromatic rings. The minimum absolute atomic E-state index is 0.0655. The van der Waals surface area contributed by atoms with E-state index in [-0.39, 0.29) is 12.2 Å². The van der Waals surface area contributed by atoms with Crippen molar-refractivity contribution >= 4 is 11.7 Å². The van der Waals surface area contributed by atoms with Gasteiger partial charge in [0.1, 0.15) is 11.8 Å². The summed E-state index contributed by atoms with van der Waals surface area (Å²) in [7, 11) is 0. The number of anilines is 1. The number of unbranched alkanes of at least 4 members (excludes halogenated alkanes) is 4. The summed E-state index contributed by atoms with van der Waals surface area (Å²) in [6.45, 7) is 4.86. The van der Waals surface area contributed by atoms with E-state index < -0.39 is 5.97 Å². The predicted octanol–water partition coefficient (Wildman–Crippen LogP) is 4.42. The van der Waals surface area contributed by atoms with E-state index in [9.17, 15) is 4.79 Å². The predicted molar refractivity (Wildman–Crippen MR) is 94.6 cm³/mol. The fraction of sp³-hybridized carbons (Fsp3) is 0.474. The van der Waals surface area contributed by atoms with Crippen molar-refractivity contribution in [3.05, 3.63) is 36.0 Å². The van der Waals surface area contributed by atoms with Crippen LogP contribution in [0.15, 0.2) is 36.0 Å². The Balaban J connectivity index is 2.41. The lowest BCUT2D eigenvalue weighted by Crippen LogP contribution is -2.07. The average Bonchev–Trinajstić information content (AvgIpc) is 2.60. The largest absolute Gasteiger partial charge is 0.494 e. The molecular formula is C19H26N2O3. The highest BCUT2D eigenvalue weighted by Gasteiger charge is 2.08. The summed E-state index contributed by atoms with van der Waals surface area (Å²) in [6, 6.07) is 9.21. The van der Waals surface area contributed by atoms with Crippen LogP contribution in [-0.2, 0) is 9.53 Å². The number of carbonyl (C=O) groups is 1. The van der Waals surface area contributed by atoms with Crippen molar-refractivity contribution in [3.63, 3.8) is 0 Å². The fourth-order valence-electron chi connectivity index (χ4n) is 2.04. The molecule has 1 N–H and O–H groups in total. The van der Waals surface area contributed by atoms with Crippen LogP contribution in [0, 0.1) is 11.3 Å². The van der Waals surface area contributed by atoms with Gasteiger partial charge in [-0.2, -0.15) is 5.26 Å². The summed E-state index contributed by atoms with van der Waals surface area (Å²) in [5.74, 6) is 0.182. The molecule has 0 amide bonds. The van der Waals surface area contributed by atoms with Crippen molar-refractivity contribution in [2.75, 3.05) is 18.5 Å². The van der Waals surface area contributed by atoms with Gasteiger partial charge in [-0.1, -0.05) is 32.6 Å². The number of nitrogens with one attached hydrogen (secondary N) is 1. The van der Waals surface area contributed by atoms with Crippen molar-refractivity contribution in [2.24, 2.45) is 0 Å². The SMILES string of the molecule is CCCCCCCOc1ccc(N/C=C(\C#N)C(=O)OCC)cc1. The number of carbonyl (C=O) groups excluding carboxylic acids is 1. The number of hydrogen-bond acceptors (Lipinski definition) is 5. The zero-order valence-corrected chi connectivity index (χ0v) is 14.5. The maximum Gasteiger partial charge on any atom is 0.350 e. The Bertz CT molecular complexity index is 559. The first-order chi connectivity index (χ1) is 11.7. The summed E-state index contributed by atoms with van der Waals surface area (Å²) in [6.07, 6.45) is 7.40. The second-order valence-electron chi connectivity index (χ2n) is 5.32. The Hall–Kier alpha value is -2.48. The highest BCUT2D eigenvalue weighted by atomic mass is 16.5. The van der Waals surface area contributed by atoms with Gasteiger partial charge < -0.3 is 14.8 Å². The van der Waals surface area contributed by atoms with Crippen LogP contribution < -0.4 is 10.1 Å². The van der Waals surface area contributed by atoms with Gasteiger partial charge in [0.25, 0.3) is 0 Å². The molecule has 0 heterocycles. The van der Waals surface area contributed by atoms with Crippen LogP contribution in [0.4, 0.5) is 5.69 Å². The van der Waals surface area contributed by atoms with E-state index in [1.54, 1.807) is 6.92 Å². The molecule has 1 aromatic carbocycles. The summed E-state index contributed by atoms with van der Waals surface area (Å²) in [5, 5.41) is 11.9. The smallest absolute Gasteiger partial charge is 0.350 e. The molecule has 0 saturated heterocycles. The number of esters is 1. The molecule has 0 bridgehead atoms. The molecule has 130 valence electrons. The first-order valence-electron chi connectivity index (χ1n) is 8.48. The standard InChI is InChI=1S/C19H26N2O3/c1-3-5-6-7-8-13-24-18-11-9-17(10-12-18)21-15-16(14-20)19(22)23-4-2/h9-12,15,21H,3-8,13H2,1-2H3/b16-15+. The first-order valence-corrected chi connectivity index (χ1v) is 8.48. The number of hydrogen-bond donors (Lipinski definition) is 1. The van der Waals surface area contributed by atoms with Crippen LogP contribution >= 0.6 is 0 Å². The normalized spacial score (nSPS) is 10.8. The Morgan fingerprint density at radius 1 is 1.17 bits per heavy atom. The third kappa shape index (κ3) is 7.68. The molecule has 1 rings (SSSR count). The molecule has 5 nitrogen and oxygen atoms in total. The Morgan fingerprint density at radius 3 is 2.50 bits per heavy atom. The van der Waals surface area contributed by atoms with Crippen LogP contribution in [0.2, 0.25) is 0 Å². The summed E-state index contributed by atoms with van der Waals surface area (Å²) in [5.41, 5.74) is 0.701. The van der Waals surface area contributed by atoms with Gasteiger partial charge in [-0.15, -0.1) is 0 Å². The third-order valence-corrected chi connectivity index (χ3v) is 3.37. The van der Waals surface area contributed by atoms with Crippen molar-refractivity contribution in [1.82, 2.24) is 0 Å². The quantitative estimate of drug-likeness (QED) is 0.281. The average molecular weight is 330 g/mol. The lowest BCUT2D eigenvalue weighted by molar-refractivity contribution is -0.138. The van der Waals surface area contributed by atoms with Crippen molar-refractivity contribution in [1.29, 1.82) is 5.26 Å². The van der Waals surface area contributed by atoms with E-state index in [0.29, 0.717) is 0 Å². The summed E-state index contributed by atoms with van der Waals surface area (Å²) in [4.78, 5) is 11.5. The van der Waals surface area contributed by atoms with Crippen LogP contribution in [0.5, 0.6) is 5.75 Å². The number of nitriles is 1. The van der Waals surface area contributed by atoms with Crippen LogP contribution in [0.3, 0.4) is 0 Å². The van der Waals surface area contributed by atoms with Gasteiger partial charge in [0.15, 0.2) is 5.57 Å². The second kappa shape index (κ2) is 12.0. The highest BCUT2D eigenvalue weighted by molar-refractivity contribution is 5.93. The fourth-order valence-corrected chi connectivity index (χ4v) is 2.04. The van der Waals surface area contributed by atoms with Crippen molar-refractivity contribution < 1.29 is 14.3 Å². The van der Waals surface area contributed by atoms with Gasteiger partial charge >= 0.3 is 5.97 Å². The number of ether oxygens (including phenoxy) is 2. The molecule has 0 aliphatic rings. The van der Waals surface area contributed by atoms with Gasteiger partial charge in [-0.05, 0) is 37.6 Å². The lowest BCUT2D eigenvalue weighted by atomic mass is 10.2. The minimum atomic E-state index is -0.629. The Labute approximate surface area is 144 Å². The molecule has 0 spiro atoms. The van der Waals surface area contributed by atoms with Crippen molar-refractivity contribution in [2.45, 2.75) is 46.0 Å². The highest BCUT2D eigenvalue weighted by Crippen LogP contribution is 2.16. The van der Waals surface area contributed by atoms with E-state index >= 15 is 0 Å². The monoisotopic (exact) mass is 330 g/mol. The Morgan fingerprint density at radius 2 is 1.88 bits per heavy atom. The van der Waals surface area contributed by atoms with Gasteiger partial charge in [0.2, 0.25) is 0 Å². The van der Waals surface area contributed by atoms with Crippen LogP contribution in [-0.4, -0.2) is 19.2 Å². The second-order valence-corrected chi connectivity index (χ2v) is 5.32. The summed E-state index contributed by atoms with van der Waals surface area (Å²) < 4.78 is 10.5. The maximum absolute atomic E-state index is 11.5. The number of rotatable bonds is 11. The molecule has 0 fully saturated rings. The van der Waals surface area contributed by atoms with Crippen LogP contribution in [0.25, 0.3) is 0 Å². The number of benzene rings is 1. The molecule has 0 aromatic heterocycles. The van der Waals surface area contributed by atoms with E-state index in [4.69, 9.17) is 14.7 Å². The van der Waals surface area contributed by atoms with Gasteiger partial charge in [0.05, 0.1) is 13.2 Å². The molecule has 0 aliphatic heterocycles. The van der Waals surface area contributed by atoms with E-state index in [1.165, 1.54) is 31.9 Å². The molecule has 0 aliphatic carbocycles. The molecule has 0 atom stereocenters. The third-order valence-electron chi connectivity index (χ3n) is 3.37. The van der Waals surface area contributed by atoms with Gasteiger partial charge in [-0.3, -0.25) is 0 Å². The van der Waals surface area contributed by atoms with E-state index in [2.05, 4.69) is 12.2 Å². The molecule has 5 heteroatoms. The first kappa shape index (κ1) is 19.6. The number of nitrogens with zero attached hydrogens (tertiary/aromatic N) is 1. The zero-order chi connectivity index (χ0) is 17.6. The topological polar surface area (TPSA) is 71.3 Å². The van der Waals surface area contributed by atoms with Crippen molar-refractivity contribution in [3.8, 4) is 11.8 Å². The van der Waals surface area contributed by atoms with Gasteiger partial charge in [-0.25, -0.2) is 4.79 Å². The molecule has 0 saturated carbocycles. The van der Waals surface area contributed by atoms with E-state index in [1.807, 2.05) is 30.3 Å². The maximum atomic E-state index is 11.5. The lowest BCUT2D eigenvalue weighted by Gasteiger charge is -2.07.